The van der Waals surface area contributed by atoms with Gasteiger partial charge in [0, 0.05) is 52.2 Å². The second-order valence-electron chi connectivity index (χ2n) is 5.56. The Bertz CT molecular complexity index is 331. The van der Waals surface area contributed by atoms with Crippen molar-refractivity contribution in [2.75, 3.05) is 40.4 Å². The molecular weight excluding hydrogens is 383 g/mol. The number of carbonyl (C=O) groups is 1. The smallest absolute Gasteiger partial charge is 0.221 e. The number of hydrogen-bond acceptors (Lipinski definition) is 3. The molecule has 2 N–H and O–H groups in total. The van der Waals surface area contributed by atoms with E-state index in [0.29, 0.717) is 18.9 Å². The third-order valence-corrected chi connectivity index (χ3v) is 3.21. The third-order valence-electron chi connectivity index (χ3n) is 3.21. The molecular formula is C14H29IN4O2. The van der Waals surface area contributed by atoms with E-state index in [1.165, 1.54) is 0 Å². The monoisotopic (exact) mass is 412 g/mol. The van der Waals surface area contributed by atoms with Crippen LogP contribution in [0.3, 0.4) is 0 Å². The van der Waals surface area contributed by atoms with Crippen LogP contribution in [0.15, 0.2) is 4.99 Å². The Hall–Kier alpha value is -0.570. The van der Waals surface area contributed by atoms with Gasteiger partial charge in [0.1, 0.15) is 0 Å². The van der Waals surface area contributed by atoms with Crippen LogP contribution in [0.5, 0.6) is 0 Å². The van der Waals surface area contributed by atoms with Crippen molar-refractivity contribution in [2.45, 2.75) is 32.7 Å². The average molecular weight is 412 g/mol. The lowest BCUT2D eigenvalue weighted by molar-refractivity contribution is -0.121. The minimum absolute atomic E-state index is 0. The summed E-state index contributed by atoms with van der Waals surface area (Å²) in [6.07, 6.45) is 1.57. The molecule has 1 rings (SSSR count). The maximum absolute atomic E-state index is 11.6. The summed E-state index contributed by atoms with van der Waals surface area (Å²) in [5.74, 6) is 1.46. The molecule has 0 bridgehead atoms. The fraction of sp³-hybridized carbons (Fsp3) is 0.857. The molecule has 1 fully saturated rings. The average Bonchev–Trinajstić information content (AvgIpc) is 2.86. The first-order valence-corrected chi connectivity index (χ1v) is 7.31. The zero-order valence-electron chi connectivity index (χ0n) is 13.5. The number of guanidine groups is 1. The van der Waals surface area contributed by atoms with Crippen molar-refractivity contribution >= 4 is 35.8 Å². The maximum atomic E-state index is 11.6. The Balaban J connectivity index is 0.00000400. The SMILES string of the molecule is CN=C(NCCC(=O)NC(C)C)N(C)CC1CCOC1.I. The molecule has 6 nitrogen and oxygen atoms in total. The molecule has 1 heterocycles. The van der Waals surface area contributed by atoms with Crippen LogP contribution in [0.25, 0.3) is 0 Å². The van der Waals surface area contributed by atoms with Gasteiger partial charge in [0.15, 0.2) is 5.96 Å². The van der Waals surface area contributed by atoms with Crippen LogP contribution in [0.1, 0.15) is 26.7 Å². The molecule has 0 aromatic heterocycles. The Morgan fingerprint density at radius 2 is 2.19 bits per heavy atom. The number of amides is 1. The second-order valence-corrected chi connectivity index (χ2v) is 5.56. The van der Waals surface area contributed by atoms with E-state index in [9.17, 15) is 4.79 Å². The number of aliphatic imine (C=N–C) groups is 1. The number of nitrogens with one attached hydrogen (secondary N) is 2. The zero-order valence-corrected chi connectivity index (χ0v) is 15.8. The van der Waals surface area contributed by atoms with Gasteiger partial charge in [-0.25, -0.2) is 0 Å². The second kappa shape index (κ2) is 11.1. The maximum Gasteiger partial charge on any atom is 0.221 e. The van der Waals surface area contributed by atoms with Crippen molar-refractivity contribution < 1.29 is 9.53 Å². The van der Waals surface area contributed by atoms with Gasteiger partial charge in [0.05, 0.1) is 6.61 Å². The molecule has 0 saturated carbocycles. The Labute approximate surface area is 145 Å². The summed E-state index contributed by atoms with van der Waals surface area (Å²) >= 11 is 0. The molecule has 0 aliphatic carbocycles. The van der Waals surface area contributed by atoms with Gasteiger partial charge < -0.3 is 20.3 Å². The number of carbonyl (C=O) groups excluding carboxylic acids is 1. The number of ether oxygens (including phenoxy) is 1. The number of halogens is 1. The fourth-order valence-electron chi connectivity index (χ4n) is 2.27. The van der Waals surface area contributed by atoms with Gasteiger partial charge in [-0.1, -0.05) is 0 Å². The lowest BCUT2D eigenvalue weighted by atomic mass is 10.1. The summed E-state index contributed by atoms with van der Waals surface area (Å²) in [6, 6.07) is 0.187. The molecule has 1 atom stereocenters. The van der Waals surface area contributed by atoms with E-state index < -0.39 is 0 Å². The summed E-state index contributed by atoms with van der Waals surface area (Å²) in [4.78, 5) is 17.9. The van der Waals surface area contributed by atoms with E-state index in [-0.39, 0.29) is 35.9 Å². The number of hydrogen-bond donors (Lipinski definition) is 2. The van der Waals surface area contributed by atoms with Crippen LogP contribution in [0.4, 0.5) is 0 Å². The highest BCUT2D eigenvalue weighted by molar-refractivity contribution is 14.0. The minimum Gasteiger partial charge on any atom is -0.381 e. The molecule has 0 aromatic carbocycles. The first-order valence-electron chi connectivity index (χ1n) is 7.31. The zero-order chi connectivity index (χ0) is 15.0. The summed E-state index contributed by atoms with van der Waals surface area (Å²) in [7, 11) is 3.78. The van der Waals surface area contributed by atoms with Crippen LogP contribution < -0.4 is 10.6 Å². The van der Waals surface area contributed by atoms with Crippen LogP contribution >= 0.6 is 24.0 Å². The van der Waals surface area contributed by atoms with E-state index in [1.54, 1.807) is 7.05 Å². The highest BCUT2D eigenvalue weighted by Crippen LogP contribution is 2.13. The molecule has 7 heteroatoms. The van der Waals surface area contributed by atoms with Gasteiger partial charge in [-0.05, 0) is 20.3 Å². The first kappa shape index (κ1) is 20.4. The highest BCUT2D eigenvalue weighted by atomic mass is 127. The normalized spacial score (nSPS) is 18.3. The lowest BCUT2D eigenvalue weighted by Crippen LogP contribution is -2.43. The van der Waals surface area contributed by atoms with Crippen molar-refractivity contribution in [1.29, 1.82) is 0 Å². The largest absolute Gasteiger partial charge is 0.381 e. The van der Waals surface area contributed by atoms with Gasteiger partial charge in [-0.2, -0.15) is 0 Å². The van der Waals surface area contributed by atoms with Crippen LogP contribution in [0, 0.1) is 5.92 Å². The van der Waals surface area contributed by atoms with Crippen molar-refractivity contribution in [3.63, 3.8) is 0 Å². The quantitative estimate of drug-likeness (QED) is 0.389. The Morgan fingerprint density at radius 1 is 1.48 bits per heavy atom. The predicted molar refractivity (Wildman–Crippen MR) is 96.2 cm³/mol. The summed E-state index contributed by atoms with van der Waals surface area (Å²) in [5, 5.41) is 6.10. The molecule has 1 saturated heterocycles. The van der Waals surface area contributed by atoms with E-state index in [0.717, 1.165) is 32.1 Å². The highest BCUT2D eigenvalue weighted by Gasteiger charge is 2.19. The third kappa shape index (κ3) is 8.45. The van der Waals surface area contributed by atoms with Crippen molar-refractivity contribution in [3.05, 3.63) is 0 Å². The molecule has 1 unspecified atom stereocenters. The van der Waals surface area contributed by atoms with Gasteiger partial charge in [0.2, 0.25) is 5.91 Å². The molecule has 21 heavy (non-hydrogen) atoms. The van der Waals surface area contributed by atoms with Crippen LogP contribution in [-0.4, -0.2) is 63.2 Å². The number of rotatable bonds is 6. The van der Waals surface area contributed by atoms with Gasteiger partial charge in [0.25, 0.3) is 0 Å². The standard InChI is InChI=1S/C14H28N4O2.HI/c1-11(2)17-13(19)5-7-16-14(15-3)18(4)9-12-6-8-20-10-12;/h11-12H,5-10H2,1-4H3,(H,15,16)(H,17,19);1H. The van der Waals surface area contributed by atoms with Gasteiger partial charge in [-0.3, -0.25) is 9.79 Å². The predicted octanol–water partition coefficient (Wildman–Crippen LogP) is 1.06. The summed E-state index contributed by atoms with van der Waals surface area (Å²) < 4.78 is 5.38. The first-order chi connectivity index (χ1) is 9.52. The molecule has 1 aliphatic rings. The fourth-order valence-corrected chi connectivity index (χ4v) is 2.27. The van der Waals surface area contributed by atoms with Crippen molar-refractivity contribution in [2.24, 2.45) is 10.9 Å². The van der Waals surface area contributed by atoms with Crippen molar-refractivity contribution in [1.82, 2.24) is 15.5 Å². The Kier molecular flexibility index (Phi) is 10.8. The number of nitrogens with zero attached hydrogens (tertiary/aromatic N) is 2. The summed E-state index contributed by atoms with van der Waals surface area (Å²) in [5.41, 5.74) is 0. The summed E-state index contributed by atoms with van der Waals surface area (Å²) in [6.45, 7) is 7.13. The molecule has 124 valence electrons. The topological polar surface area (TPSA) is 66.0 Å². The molecule has 1 aliphatic heterocycles. The molecule has 0 spiro atoms. The lowest BCUT2D eigenvalue weighted by Gasteiger charge is -2.24. The van der Waals surface area contributed by atoms with E-state index >= 15 is 0 Å². The van der Waals surface area contributed by atoms with E-state index in [2.05, 4.69) is 20.5 Å². The van der Waals surface area contributed by atoms with Crippen LogP contribution in [0.2, 0.25) is 0 Å². The molecule has 0 aromatic rings. The Morgan fingerprint density at radius 3 is 2.71 bits per heavy atom. The van der Waals surface area contributed by atoms with E-state index in [4.69, 9.17) is 4.74 Å². The van der Waals surface area contributed by atoms with E-state index in [1.807, 2.05) is 20.9 Å². The molecule has 0 radical (unpaired) electrons. The molecule has 1 amide bonds. The van der Waals surface area contributed by atoms with Crippen molar-refractivity contribution in [3.8, 4) is 0 Å². The van der Waals surface area contributed by atoms with Gasteiger partial charge in [-0.15, -0.1) is 24.0 Å². The minimum atomic E-state index is 0. The van der Waals surface area contributed by atoms with Crippen LogP contribution in [-0.2, 0) is 9.53 Å². The van der Waals surface area contributed by atoms with Gasteiger partial charge >= 0.3 is 0 Å².